The van der Waals surface area contributed by atoms with Crippen LogP contribution in [0.15, 0.2) is 18.2 Å². The Morgan fingerprint density at radius 3 is 2.84 bits per heavy atom. The molecular formula is C16H23NO2. The molecule has 1 aromatic rings. The Bertz CT molecular complexity index is 458. The van der Waals surface area contributed by atoms with Crippen molar-refractivity contribution < 1.29 is 9.84 Å². The SMILES string of the molecule is COc1ccc(C(C)O)cc1CN1CC2CCC1C2. The van der Waals surface area contributed by atoms with E-state index in [0.717, 1.165) is 29.8 Å². The number of hydrogen-bond donors (Lipinski definition) is 1. The Morgan fingerprint density at radius 1 is 1.42 bits per heavy atom. The second kappa shape index (κ2) is 5.14. The average molecular weight is 261 g/mol. The minimum Gasteiger partial charge on any atom is -0.496 e. The number of aliphatic hydroxyl groups is 1. The van der Waals surface area contributed by atoms with E-state index in [2.05, 4.69) is 11.0 Å². The van der Waals surface area contributed by atoms with Crippen molar-refractivity contribution in [1.82, 2.24) is 4.90 Å². The molecule has 0 amide bonds. The van der Waals surface area contributed by atoms with Crippen LogP contribution in [0, 0.1) is 5.92 Å². The van der Waals surface area contributed by atoms with E-state index in [9.17, 15) is 5.11 Å². The lowest BCUT2D eigenvalue weighted by Crippen LogP contribution is -2.31. The van der Waals surface area contributed by atoms with E-state index in [0.29, 0.717) is 0 Å². The molecule has 0 radical (unpaired) electrons. The highest BCUT2D eigenvalue weighted by Gasteiger charge is 2.37. The molecule has 104 valence electrons. The number of methoxy groups -OCH3 is 1. The molecule has 1 saturated heterocycles. The maximum atomic E-state index is 9.72. The summed E-state index contributed by atoms with van der Waals surface area (Å²) in [6.07, 6.45) is 3.72. The first kappa shape index (κ1) is 12.9. The predicted octanol–water partition coefficient (Wildman–Crippen LogP) is 2.73. The van der Waals surface area contributed by atoms with Crippen molar-refractivity contribution >= 4 is 0 Å². The first-order valence-corrected chi connectivity index (χ1v) is 7.26. The van der Waals surface area contributed by atoms with E-state index in [1.807, 2.05) is 19.1 Å². The van der Waals surface area contributed by atoms with Crippen LogP contribution in [0.3, 0.4) is 0 Å². The number of hydrogen-bond acceptors (Lipinski definition) is 3. The van der Waals surface area contributed by atoms with Crippen molar-refractivity contribution in [2.75, 3.05) is 13.7 Å². The Morgan fingerprint density at radius 2 is 2.26 bits per heavy atom. The van der Waals surface area contributed by atoms with E-state index in [1.54, 1.807) is 7.11 Å². The van der Waals surface area contributed by atoms with Crippen molar-refractivity contribution in [3.8, 4) is 5.75 Å². The fourth-order valence-corrected chi connectivity index (χ4v) is 3.62. The highest BCUT2D eigenvalue weighted by atomic mass is 16.5. The Labute approximate surface area is 115 Å². The van der Waals surface area contributed by atoms with E-state index in [-0.39, 0.29) is 0 Å². The first-order valence-electron chi connectivity index (χ1n) is 7.26. The second-order valence-electron chi connectivity index (χ2n) is 6.01. The van der Waals surface area contributed by atoms with E-state index < -0.39 is 6.10 Å². The molecule has 1 saturated carbocycles. The number of aliphatic hydroxyl groups excluding tert-OH is 1. The number of rotatable bonds is 4. The number of fused-ring (bicyclic) bond motifs is 2. The normalized spacial score (nSPS) is 27.7. The van der Waals surface area contributed by atoms with Gasteiger partial charge in [0.1, 0.15) is 5.75 Å². The van der Waals surface area contributed by atoms with Crippen LogP contribution in [0.4, 0.5) is 0 Å². The molecule has 1 aliphatic carbocycles. The third-order valence-electron chi connectivity index (χ3n) is 4.68. The van der Waals surface area contributed by atoms with Gasteiger partial charge in [-0.25, -0.2) is 0 Å². The largest absolute Gasteiger partial charge is 0.496 e. The maximum absolute atomic E-state index is 9.72. The summed E-state index contributed by atoms with van der Waals surface area (Å²) in [4.78, 5) is 2.58. The van der Waals surface area contributed by atoms with Gasteiger partial charge in [0.05, 0.1) is 13.2 Å². The molecule has 0 aromatic heterocycles. The van der Waals surface area contributed by atoms with Crippen LogP contribution in [0.1, 0.15) is 43.4 Å². The van der Waals surface area contributed by atoms with E-state index >= 15 is 0 Å². The molecule has 3 heteroatoms. The van der Waals surface area contributed by atoms with Crippen LogP contribution in [-0.2, 0) is 6.54 Å². The van der Waals surface area contributed by atoms with Crippen LogP contribution in [0.25, 0.3) is 0 Å². The molecule has 1 N–H and O–H groups in total. The number of likely N-dealkylation sites (tertiary alicyclic amines) is 1. The van der Waals surface area contributed by atoms with Crippen molar-refractivity contribution in [1.29, 1.82) is 0 Å². The molecule has 3 unspecified atom stereocenters. The van der Waals surface area contributed by atoms with Crippen LogP contribution < -0.4 is 4.74 Å². The molecule has 19 heavy (non-hydrogen) atoms. The van der Waals surface area contributed by atoms with Gasteiger partial charge < -0.3 is 9.84 Å². The monoisotopic (exact) mass is 261 g/mol. The summed E-state index contributed by atoms with van der Waals surface area (Å²) < 4.78 is 5.46. The molecule has 1 heterocycles. The molecule has 2 fully saturated rings. The van der Waals surface area contributed by atoms with Gasteiger partial charge in [-0.15, -0.1) is 0 Å². The van der Waals surface area contributed by atoms with E-state index in [1.165, 1.54) is 31.4 Å². The van der Waals surface area contributed by atoms with Gasteiger partial charge in [0.2, 0.25) is 0 Å². The first-order chi connectivity index (χ1) is 9.17. The molecule has 1 aliphatic heterocycles. The van der Waals surface area contributed by atoms with Crippen molar-refractivity contribution in [2.45, 2.75) is 44.9 Å². The highest BCUT2D eigenvalue weighted by Crippen LogP contribution is 2.39. The molecule has 2 aliphatic rings. The standard InChI is InChI=1S/C16H23NO2/c1-11(18)13-4-6-16(19-2)14(8-13)10-17-9-12-3-5-15(17)7-12/h4,6,8,11-12,15,18H,3,5,7,9-10H2,1-2H3. The van der Waals surface area contributed by atoms with Gasteiger partial charge in [-0.2, -0.15) is 0 Å². The number of benzene rings is 1. The zero-order valence-corrected chi connectivity index (χ0v) is 11.8. The molecule has 3 atom stereocenters. The van der Waals surface area contributed by atoms with Gasteiger partial charge in [0.15, 0.2) is 0 Å². The lowest BCUT2D eigenvalue weighted by molar-refractivity contribution is 0.195. The summed E-state index contributed by atoms with van der Waals surface area (Å²) in [5.41, 5.74) is 2.17. The van der Waals surface area contributed by atoms with Gasteiger partial charge >= 0.3 is 0 Å². The van der Waals surface area contributed by atoms with Gasteiger partial charge in [-0.05, 0) is 49.8 Å². The van der Waals surface area contributed by atoms with Crippen molar-refractivity contribution in [3.05, 3.63) is 29.3 Å². The molecule has 1 aromatic carbocycles. The Balaban J connectivity index is 1.80. The van der Waals surface area contributed by atoms with Gasteiger partial charge in [-0.3, -0.25) is 4.90 Å². The zero-order chi connectivity index (χ0) is 13.4. The highest BCUT2D eigenvalue weighted by molar-refractivity contribution is 5.38. The Hall–Kier alpha value is -1.06. The quantitative estimate of drug-likeness (QED) is 0.904. The molecular weight excluding hydrogens is 238 g/mol. The fourth-order valence-electron chi connectivity index (χ4n) is 3.62. The summed E-state index contributed by atoms with van der Waals surface area (Å²) in [6.45, 7) is 3.99. The topological polar surface area (TPSA) is 32.7 Å². The van der Waals surface area contributed by atoms with E-state index in [4.69, 9.17) is 4.74 Å². The molecule has 2 bridgehead atoms. The number of piperidine rings is 1. The molecule has 3 rings (SSSR count). The summed E-state index contributed by atoms with van der Waals surface area (Å²) in [5.74, 6) is 1.85. The van der Waals surface area contributed by atoms with Crippen LogP contribution in [0.2, 0.25) is 0 Å². The lowest BCUT2D eigenvalue weighted by atomic mass is 10.0. The van der Waals surface area contributed by atoms with Gasteiger partial charge in [-0.1, -0.05) is 6.07 Å². The van der Waals surface area contributed by atoms with Crippen LogP contribution in [-0.4, -0.2) is 29.7 Å². The van der Waals surface area contributed by atoms with Crippen molar-refractivity contribution in [2.24, 2.45) is 5.92 Å². The van der Waals surface area contributed by atoms with Crippen molar-refractivity contribution in [3.63, 3.8) is 0 Å². The minimum atomic E-state index is -0.417. The number of nitrogens with zero attached hydrogens (tertiary/aromatic N) is 1. The minimum absolute atomic E-state index is 0.417. The van der Waals surface area contributed by atoms with Crippen LogP contribution >= 0.6 is 0 Å². The fraction of sp³-hybridized carbons (Fsp3) is 0.625. The third kappa shape index (κ3) is 2.49. The summed E-state index contributed by atoms with van der Waals surface area (Å²) >= 11 is 0. The molecule has 0 spiro atoms. The van der Waals surface area contributed by atoms with Gasteiger partial charge in [0.25, 0.3) is 0 Å². The second-order valence-corrected chi connectivity index (χ2v) is 6.01. The molecule has 3 nitrogen and oxygen atoms in total. The summed E-state index contributed by atoms with van der Waals surface area (Å²) in [6, 6.07) is 6.79. The zero-order valence-electron chi connectivity index (χ0n) is 11.8. The Kier molecular flexibility index (Phi) is 3.50. The summed E-state index contributed by atoms with van der Waals surface area (Å²) in [5, 5.41) is 9.72. The predicted molar refractivity (Wildman–Crippen MR) is 75.2 cm³/mol. The summed E-state index contributed by atoms with van der Waals surface area (Å²) in [7, 11) is 1.72. The average Bonchev–Trinajstić information content (AvgIpc) is 3.01. The third-order valence-corrected chi connectivity index (χ3v) is 4.68. The van der Waals surface area contributed by atoms with Gasteiger partial charge in [0, 0.05) is 24.7 Å². The smallest absolute Gasteiger partial charge is 0.123 e. The maximum Gasteiger partial charge on any atom is 0.123 e. The number of ether oxygens (including phenoxy) is 1. The van der Waals surface area contributed by atoms with Crippen LogP contribution in [0.5, 0.6) is 5.75 Å². The lowest BCUT2D eigenvalue weighted by Gasteiger charge is -2.27.